The Hall–Kier alpha value is -3.64. The van der Waals surface area contributed by atoms with E-state index in [1.54, 1.807) is 0 Å². The zero-order valence-corrected chi connectivity index (χ0v) is 17.5. The number of fused-ring (bicyclic) bond motifs is 12. The van der Waals surface area contributed by atoms with Gasteiger partial charge in [-0.3, -0.25) is 0 Å². The molecular weight excluding hydrogens is 372 g/mol. The molecule has 7 rings (SSSR count). The minimum atomic E-state index is -0.259. The summed E-state index contributed by atoms with van der Waals surface area (Å²) in [6, 6.07) is 38.6. The third kappa shape index (κ3) is 1.92. The van der Waals surface area contributed by atoms with Gasteiger partial charge in [0.15, 0.2) is 0 Å². The van der Waals surface area contributed by atoms with Crippen LogP contribution in [-0.2, 0) is 11.8 Å². The smallest absolute Gasteiger partial charge is 0.0619 e. The molecule has 0 heterocycles. The molecule has 2 aliphatic rings. The lowest BCUT2D eigenvalue weighted by Gasteiger charge is -2.33. The summed E-state index contributed by atoms with van der Waals surface area (Å²) >= 11 is 0. The molecule has 0 aliphatic heterocycles. The molecule has 0 radical (unpaired) electrons. The van der Waals surface area contributed by atoms with Crippen LogP contribution in [0.4, 0.5) is 0 Å². The van der Waals surface area contributed by atoms with Gasteiger partial charge < -0.3 is 0 Å². The van der Waals surface area contributed by atoms with Crippen LogP contribution in [0.25, 0.3) is 33.0 Å². The van der Waals surface area contributed by atoms with Crippen LogP contribution < -0.4 is 0 Å². The number of hydrogen-bond acceptors (Lipinski definition) is 0. The predicted molar refractivity (Wildman–Crippen MR) is 130 cm³/mol. The van der Waals surface area contributed by atoms with Crippen molar-refractivity contribution in [1.29, 1.82) is 0 Å². The largest absolute Gasteiger partial charge is 0.0734 e. The van der Waals surface area contributed by atoms with Crippen LogP contribution in [0.5, 0.6) is 0 Å². The van der Waals surface area contributed by atoms with Crippen molar-refractivity contribution in [3.63, 3.8) is 0 Å². The monoisotopic (exact) mass is 394 g/mol. The van der Waals surface area contributed by atoms with Crippen molar-refractivity contribution in [3.8, 4) is 22.3 Å². The number of hydrogen-bond donors (Lipinski definition) is 0. The van der Waals surface area contributed by atoms with Crippen molar-refractivity contribution >= 4 is 10.8 Å². The Kier molecular flexibility index (Phi) is 3.28. The molecule has 5 aromatic carbocycles. The molecule has 0 heteroatoms. The summed E-state index contributed by atoms with van der Waals surface area (Å²) in [5, 5.41) is 2.68. The van der Waals surface area contributed by atoms with E-state index >= 15 is 0 Å². The molecule has 146 valence electrons. The van der Waals surface area contributed by atoms with Crippen molar-refractivity contribution in [2.24, 2.45) is 0 Å². The lowest BCUT2D eigenvalue weighted by molar-refractivity contribution is 0.786. The molecule has 0 N–H and O–H groups in total. The van der Waals surface area contributed by atoms with Gasteiger partial charge in [-0.25, -0.2) is 0 Å². The van der Waals surface area contributed by atoms with E-state index in [-0.39, 0.29) is 5.41 Å². The van der Waals surface area contributed by atoms with E-state index in [4.69, 9.17) is 0 Å². The molecule has 0 fully saturated rings. The maximum Gasteiger partial charge on any atom is 0.0734 e. The van der Waals surface area contributed by atoms with Crippen LogP contribution in [0, 0.1) is 0 Å². The summed E-state index contributed by atoms with van der Waals surface area (Å²) < 4.78 is 0. The molecule has 0 atom stereocenters. The topological polar surface area (TPSA) is 0 Å². The van der Waals surface area contributed by atoms with E-state index in [9.17, 15) is 0 Å². The molecule has 0 bridgehead atoms. The average molecular weight is 395 g/mol. The Bertz CT molecular complexity index is 1470. The normalized spacial score (nSPS) is 14.4. The van der Waals surface area contributed by atoms with E-state index in [0.29, 0.717) is 0 Å². The van der Waals surface area contributed by atoms with Gasteiger partial charge in [0.2, 0.25) is 0 Å². The van der Waals surface area contributed by atoms with Gasteiger partial charge in [-0.1, -0.05) is 110 Å². The first-order chi connectivity index (χ1) is 15.4. The molecule has 0 unspecified atom stereocenters. The highest BCUT2D eigenvalue weighted by molar-refractivity contribution is 6.04. The lowest BCUT2D eigenvalue weighted by Crippen LogP contribution is -2.27. The Morgan fingerprint density at radius 1 is 0.516 bits per heavy atom. The highest BCUT2D eigenvalue weighted by Crippen LogP contribution is 2.64. The van der Waals surface area contributed by atoms with Gasteiger partial charge in [-0.15, -0.1) is 0 Å². The Morgan fingerprint density at radius 3 is 1.87 bits per heavy atom. The Balaban J connectivity index is 1.79. The third-order valence-corrected chi connectivity index (χ3v) is 7.45. The van der Waals surface area contributed by atoms with Crippen molar-refractivity contribution < 1.29 is 0 Å². The van der Waals surface area contributed by atoms with E-state index in [0.717, 1.165) is 6.42 Å². The highest BCUT2D eigenvalue weighted by atomic mass is 14.5. The quantitative estimate of drug-likeness (QED) is 0.267. The Labute approximate surface area is 182 Å². The summed E-state index contributed by atoms with van der Waals surface area (Å²) in [6.07, 6.45) is 1.03. The van der Waals surface area contributed by atoms with Gasteiger partial charge in [0, 0.05) is 0 Å². The van der Waals surface area contributed by atoms with E-state index in [1.807, 2.05) is 0 Å². The maximum atomic E-state index is 2.36. The maximum absolute atomic E-state index is 2.36. The number of aryl methyl sites for hydroxylation is 1. The fourth-order valence-electron chi connectivity index (χ4n) is 6.36. The summed E-state index contributed by atoms with van der Waals surface area (Å²) in [5.41, 5.74) is 12.5. The minimum Gasteiger partial charge on any atom is -0.0619 e. The number of rotatable bonds is 1. The van der Waals surface area contributed by atoms with Crippen LogP contribution in [0.3, 0.4) is 0 Å². The molecule has 5 aromatic rings. The van der Waals surface area contributed by atoms with E-state index < -0.39 is 0 Å². The standard InChI is InChI=1S/C31H22/c1-2-20-11-9-15-25-26-19-18-21-10-3-4-12-22(21)30(26)31(29(20)25)27-16-7-5-13-23(27)24-14-6-8-17-28(24)31/h3-19H,2H2,1H3. The molecule has 0 saturated heterocycles. The second kappa shape index (κ2) is 5.95. The van der Waals surface area contributed by atoms with E-state index in [2.05, 4.69) is 110 Å². The second-order valence-corrected chi connectivity index (χ2v) is 8.74. The van der Waals surface area contributed by atoms with Gasteiger partial charge in [0.1, 0.15) is 0 Å². The third-order valence-electron chi connectivity index (χ3n) is 7.45. The van der Waals surface area contributed by atoms with Gasteiger partial charge in [0.25, 0.3) is 0 Å². The van der Waals surface area contributed by atoms with Gasteiger partial charge in [-0.2, -0.15) is 0 Å². The zero-order chi connectivity index (χ0) is 20.6. The molecular formula is C31H22. The molecule has 0 nitrogen and oxygen atoms in total. The zero-order valence-electron chi connectivity index (χ0n) is 17.5. The Morgan fingerprint density at radius 2 is 1.13 bits per heavy atom. The summed E-state index contributed by atoms with van der Waals surface area (Å²) in [7, 11) is 0. The molecule has 0 amide bonds. The van der Waals surface area contributed by atoms with Crippen molar-refractivity contribution in [3.05, 3.63) is 131 Å². The lowest BCUT2D eigenvalue weighted by atomic mass is 9.68. The minimum absolute atomic E-state index is 0.259. The van der Waals surface area contributed by atoms with Crippen molar-refractivity contribution in [2.75, 3.05) is 0 Å². The molecule has 31 heavy (non-hydrogen) atoms. The van der Waals surface area contributed by atoms with Crippen molar-refractivity contribution in [1.82, 2.24) is 0 Å². The SMILES string of the molecule is CCc1cccc2c1C1(c3ccccc3-c3ccccc31)c1c-2ccc2ccccc12. The highest BCUT2D eigenvalue weighted by Gasteiger charge is 2.53. The first kappa shape index (κ1) is 17.1. The van der Waals surface area contributed by atoms with Crippen LogP contribution in [0.2, 0.25) is 0 Å². The van der Waals surface area contributed by atoms with Crippen LogP contribution >= 0.6 is 0 Å². The van der Waals surface area contributed by atoms with Crippen molar-refractivity contribution in [2.45, 2.75) is 18.8 Å². The van der Waals surface area contributed by atoms with Crippen LogP contribution in [0.15, 0.2) is 103 Å². The molecule has 0 aromatic heterocycles. The molecule has 1 spiro atoms. The van der Waals surface area contributed by atoms with E-state index in [1.165, 1.54) is 60.8 Å². The first-order valence-electron chi connectivity index (χ1n) is 11.2. The summed E-state index contributed by atoms with van der Waals surface area (Å²) in [5.74, 6) is 0. The molecule has 2 aliphatic carbocycles. The van der Waals surface area contributed by atoms with Crippen LogP contribution in [-0.4, -0.2) is 0 Å². The average Bonchev–Trinajstić information content (AvgIpc) is 3.31. The fraction of sp³-hybridized carbons (Fsp3) is 0.0968. The molecule has 0 saturated carbocycles. The fourth-order valence-corrected chi connectivity index (χ4v) is 6.36. The second-order valence-electron chi connectivity index (χ2n) is 8.74. The van der Waals surface area contributed by atoms with Gasteiger partial charge in [-0.05, 0) is 67.3 Å². The number of benzene rings is 5. The summed E-state index contributed by atoms with van der Waals surface area (Å²) in [6.45, 7) is 2.29. The predicted octanol–water partition coefficient (Wildman–Crippen LogP) is 7.75. The van der Waals surface area contributed by atoms with Crippen LogP contribution in [0.1, 0.15) is 34.7 Å². The first-order valence-corrected chi connectivity index (χ1v) is 11.2. The van der Waals surface area contributed by atoms with Gasteiger partial charge >= 0.3 is 0 Å². The van der Waals surface area contributed by atoms with Gasteiger partial charge in [0.05, 0.1) is 5.41 Å². The summed E-state index contributed by atoms with van der Waals surface area (Å²) in [4.78, 5) is 0.